The quantitative estimate of drug-likeness (QED) is 0.742. The number of benzene rings is 1. The van der Waals surface area contributed by atoms with Crippen LogP contribution in [0, 0.1) is 0 Å². The average molecular weight is 321 g/mol. The molecule has 0 saturated carbocycles. The predicted octanol–water partition coefficient (Wildman–Crippen LogP) is 2.51. The number of pyridine rings is 1. The summed E-state index contributed by atoms with van der Waals surface area (Å²) in [4.78, 5) is 21.2. The van der Waals surface area contributed by atoms with E-state index >= 15 is 0 Å². The minimum absolute atomic E-state index is 0.0268. The number of rotatable bonds is 3. The molecule has 5 nitrogen and oxygen atoms in total. The topological polar surface area (TPSA) is 49.6 Å². The molecule has 0 amide bonds. The van der Waals surface area contributed by atoms with Gasteiger partial charge >= 0.3 is 0 Å². The molecule has 0 N–H and O–H groups in total. The molecule has 0 spiro atoms. The van der Waals surface area contributed by atoms with Gasteiger partial charge in [0.15, 0.2) is 5.43 Å². The first-order valence-electron chi connectivity index (χ1n) is 8.20. The number of para-hydroxylation sites is 1. The van der Waals surface area contributed by atoms with Crippen LogP contribution in [-0.4, -0.2) is 36.1 Å². The lowest BCUT2D eigenvalue weighted by Gasteiger charge is -2.35. The highest BCUT2D eigenvalue weighted by molar-refractivity contribution is 5.76. The minimum atomic E-state index is 0.0268. The Labute approximate surface area is 140 Å². The molecule has 3 heterocycles. The predicted molar refractivity (Wildman–Crippen MR) is 94.2 cm³/mol. The van der Waals surface area contributed by atoms with Crippen LogP contribution in [0.1, 0.15) is 5.76 Å². The molecular formula is C19H19N3O2. The Morgan fingerprint density at radius 3 is 2.58 bits per heavy atom. The summed E-state index contributed by atoms with van der Waals surface area (Å²) in [5.74, 6) is 1.75. The Morgan fingerprint density at radius 2 is 1.79 bits per heavy atom. The molecule has 3 aromatic rings. The largest absolute Gasteiger partial charge is 0.459 e. The van der Waals surface area contributed by atoms with Gasteiger partial charge in [-0.15, -0.1) is 0 Å². The molecule has 0 radical (unpaired) electrons. The molecule has 2 aromatic heterocycles. The number of hydrogen-bond donors (Lipinski definition) is 0. The standard InChI is InChI=1S/C19H19N3O2/c23-17-13-15(24-18-6-2-1-5-16(17)18)14-21-9-11-22(12-10-21)19-7-3-4-8-20-19/h1-8,13H,9-12,14H2. The molecule has 1 aromatic carbocycles. The minimum Gasteiger partial charge on any atom is -0.459 e. The number of anilines is 1. The molecule has 24 heavy (non-hydrogen) atoms. The summed E-state index contributed by atoms with van der Waals surface area (Å²) in [6.45, 7) is 4.36. The van der Waals surface area contributed by atoms with Crippen LogP contribution in [0.3, 0.4) is 0 Å². The van der Waals surface area contributed by atoms with E-state index in [-0.39, 0.29) is 5.43 Å². The van der Waals surface area contributed by atoms with Gasteiger partial charge in [-0.3, -0.25) is 9.69 Å². The third-order valence-corrected chi connectivity index (χ3v) is 4.41. The first kappa shape index (κ1) is 14.9. The normalized spacial score (nSPS) is 15.8. The second-order valence-electron chi connectivity index (χ2n) is 6.02. The van der Waals surface area contributed by atoms with Gasteiger partial charge in [0.2, 0.25) is 0 Å². The lowest BCUT2D eigenvalue weighted by molar-refractivity contribution is 0.231. The summed E-state index contributed by atoms with van der Waals surface area (Å²) < 4.78 is 5.89. The monoisotopic (exact) mass is 321 g/mol. The van der Waals surface area contributed by atoms with Gasteiger partial charge in [0.1, 0.15) is 17.2 Å². The fraction of sp³-hybridized carbons (Fsp3) is 0.263. The fourth-order valence-corrected chi connectivity index (χ4v) is 3.13. The van der Waals surface area contributed by atoms with Crippen LogP contribution in [0.2, 0.25) is 0 Å². The van der Waals surface area contributed by atoms with Crippen molar-refractivity contribution in [3.05, 3.63) is 70.7 Å². The van der Waals surface area contributed by atoms with Gasteiger partial charge in [0.25, 0.3) is 0 Å². The van der Waals surface area contributed by atoms with Gasteiger partial charge in [-0.2, -0.15) is 0 Å². The van der Waals surface area contributed by atoms with Crippen molar-refractivity contribution in [2.24, 2.45) is 0 Å². The van der Waals surface area contributed by atoms with E-state index in [0.29, 0.717) is 17.5 Å². The maximum Gasteiger partial charge on any atom is 0.192 e. The molecule has 4 rings (SSSR count). The van der Waals surface area contributed by atoms with Gasteiger partial charge in [-0.1, -0.05) is 18.2 Å². The van der Waals surface area contributed by atoms with Crippen molar-refractivity contribution in [3.63, 3.8) is 0 Å². The van der Waals surface area contributed by atoms with E-state index in [1.165, 1.54) is 0 Å². The van der Waals surface area contributed by atoms with Crippen LogP contribution in [0.15, 0.2) is 63.9 Å². The van der Waals surface area contributed by atoms with E-state index in [1.807, 2.05) is 42.6 Å². The van der Waals surface area contributed by atoms with Crippen molar-refractivity contribution < 1.29 is 4.42 Å². The Morgan fingerprint density at radius 1 is 1.00 bits per heavy atom. The number of nitrogens with zero attached hydrogens (tertiary/aromatic N) is 3. The smallest absolute Gasteiger partial charge is 0.192 e. The molecule has 1 aliphatic rings. The van der Waals surface area contributed by atoms with Crippen LogP contribution in [0.5, 0.6) is 0 Å². The SMILES string of the molecule is O=c1cc(CN2CCN(c3ccccn3)CC2)oc2ccccc12. The van der Waals surface area contributed by atoms with E-state index in [4.69, 9.17) is 4.42 Å². The second-order valence-corrected chi connectivity index (χ2v) is 6.02. The summed E-state index contributed by atoms with van der Waals surface area (Å²) in [6.07, 6.45) is 1.82. The van der Waals surface area contributed by atoms with Crippen molar-refractivity contribution in [3.8, 4) is 0 Å². The number of hydrogen-bond acceptors (Lipinski definition) is 5. The molecule has 1 fully saturated rings. The van der Waals surface area contributed by atoms with Gasteiger partial charge in [0.05, 0.1) is 11.9 Å². The number of fused-ring (bicyclic) bond motifs is 1. The number of piperazine rings is 1. The third kappa shape index (κ3) is 3.03. The van der Waals surface area contributed by atoms with E-state index in [0.717, 1.165) is 37.8 Å². The summed E-state index contributed by atoms with van der Waals surface area (Å²) in [6, 6.07) is 15.0. The van der Waals surface area contributed by atoms with Crippen LogP contribution < -0.4 is 10.3 Å². The van der Waals surface area contributed by atoms with Crippen LogP contribution >= 0.6 is 0 Å². The van der Waals surface area contributed by atoms with Gasteiger partial charge in [-0.25, -0.2) is 4.98 Å². The maximum atomic E-state index is 12.2. The zero-order valence-corrected chi connectivity index (χ0v) is 13.4. The fourth-order valence-electron chi connectivity index (χ4n) is 3.13. The molecule has 0 bridgehead atoms. The van der Waals surface area contributed by atoms with E-state index in [1.54, 1.807) is 12.1 Å². The lowest BCUT2D eigenvalue weighted by atomic mass is 10.2. The molecule has 1 saturated heterocycles. The lowest BCUT2D eigenvalue weighted by Crippen LogP contribution is -2.46. The maximum absolute atomic E-state index is 12.2. The summed E-state index contributed by atoms with van der Waals surface area (Å²) in [5.41, 5.74) is 0.686. The molecule has 0 aliphatic carbocycles. The Kier molecular flexibility index (Phi) is 4.01. The molecule has 5 heteroatoms. The van der Waals surface area contributed by atoms with Crippen LogP contribution in [-0.2, 0) is 6.54 Å². The highest BCUT2D eigenvalue weighted by atomic mass is 16.3. The zero-order chi connectivity index (χ0) is 16.4. The van der Waals surface area contributed by atoms with E-state index < -0.39 is 0 Å². The first-order valence-corrected chi connectivity index (χ1v) is 8.20. The first-order chi connectivity index (χ1) is 11.8. The molecule has 122 valence electrons. The summed E-state index contributed by atoms with van der Waals surface area (Å²) in [7, 11) is 0. The molecule has 0 atom stereocenters. The van der Waals surface area contributed by atoms with Crippen LogP contribution in [0.4, 0.5) is 5.82 Å². The van der Waals surface area contributed by atoms with Crippen molar-refractivity contribution >= 4 is 16.8 Å². The average Bonchev–Trinajstić information content (AvgIpc) is 2.63. The van der Waals surface area contributed by atoms with Crippen molar-refractivity contribution in [1.82, 2.24) is 9.88 Å². The van der Waals surface area contributed by atoms with Crippen molar-refractivity contribution in [1.29, 1.82) is 0 Å². The second kappa shape index (κ2) is 6.45. The molecular weight excluding hydrogens is 302 g/mol. The van der Waals surface area contributed by atoms with Gasteiger partial charge in [-0.05, 0) is 24.3 Å². The zero-order valence-electron chi connectivity index (χ0n) is 13.4. The van der Waals surface area contributed by atoms with E-state index in [9.17, 15) is 4.79 Å². The Balaban J connectivity index is 1.45. The summed E-state index contributed by atoms with van der Waals surface area (Å²) >= 11 is 0. The number of aromatic nitrogens is 1. The Bertz CT molecular complexity index is 884. The summed E-state index contributed by atoms with van der Waals surface area (Å²) in [5, 5.41) is 0.640. The highest BCUT2D eigenvalue weighted by Crippen LogP contribution is 2.16. The van der Waals surface area contributed by atoms with Crippen molar-refractivity contribution in [2.75, 3.05) is 31.1 Å². The van der Waals surface area contributed by atoms with E-state index in [2.05, 4.69) is 14.8 Å². The van der Waals surface area contributed by atoms with Gasteiger partial charge in [0, 0.05) is 38.4 Å². The molecule has 1 aliphatic heterocycles. The third-order valence-electron chi connectivity index (χ3n) is 4.41. The van der Waals surface area contributed by atoms with Gasteiger partial charge < -0.3 is 9.32 Å². The van der Waals surface area contributed by atoms with Crippen LogP contribution in [0.25, 0.3) is 11.0 Å². The Hall–Kier alpha value is -2.66. The molecule has 0 unspecified atom stereocenters. The van der Waals surface area contributed by atoms with Crippen molar-refractivity contribution in [2.45, 2.75) is 6.54 Å². The highest BCUT2D eigenvalue weighted by Gasteiger charge is 2.19.